The van der Waals surface area contributed by atoms with Crippen LogP contribution in [0.3, 0.4) is 0 Å². The second kappa shape index (κ2) is 6.48. The number of ether oxygens (including phenoxy) is 1. The topological polar surface area (TPSA) is 71.9 Å². The van der Waals surface area contributed by atoms with E-state index in [0.717, 1.165) is 37.5 Å². The molecule has 2 aromatic heterocycles. The summed E-state index contributed by atoms with van der Waals surface area (Å²) in [5.74, 6) is 2.41. The van der Waals surface area contributed by atoms with Gasteiger partial charge in [0.2, 0.25) is 0 Å². The van der Waals surface area contributed by atoms with Crippen molar-refractivity contribution >= 4 is 10.9 Å². The molecule has 1 fully saturated rings. The van der Waals surface area contributed by atoms with Gasteiger partial charge >= 0.3 is 0 Å². The van der Waals surface area contributed by atoms with Gasteiger partial charge in [-0.2, -0.15) is 0 Å². The minimum Gasteiger partial charge on any atom is -0.497 e. The Morgan fingerprint density at radius 1 is 1.28 bits per heavy atom. The number of aromatic amines is 1. The van der Waals surface area contributed by atoms with Gasteiger partial charge in [0.15, 0.2) is 5.82 Å². The lowest BCUT2D eigenvalue weighted by molar-refractivity contribution is 0.154. The van der Waals surface area contributed by atoms with E-state index < -0.39 is 0 Å². The zero-order valence-corrected chi connectivity index (χ0v) is 14.9. The lowest BCUT2D eigenvalue weighted by atomic mass is 9.88. The molecule has 7 nitrogen and oxygen atoms in total. The maximum atomic E-state index is 5.39. The van der Waals surface area contributed by atoms with Crippen LogP contribution in [-0.4, -0.2) is 50.3 Å². The summed E-state index contributed by atoms with van der Waals surface area (Å²) in [6, 6.07) is 6.48. The second-order valence-corrected chi connectivity index (χ2v) is 6.80. The Kier molecular flexibility index (Phi) is 4.17. The van der Waals surface area contributed by atoms with E-state index in [1.54, 1.807) is 11.8 Å². The Bertz CT molecular complexity index is 861. The lowest BCUT2D eigenvalue weighted by Gasteiger charge is -2.35. The highest BCUT2D eigenvalue weighted by molar-refractivity contribution is 5.85. The molecule has 25 heavy (non-hydrogen) atoms. The van der Waals surface area contributed by atoms with E-state index in [9.17, 15) is 0 Å². The predicted octanol–water partition coefficient (Wildman–Crippen LogP) is 2.64. The fourth-order valence-corrected chi connectivity index (χ4v) is 3.94. The molecule has 0 unspecified atom stereocenters. The van der Waals surface area contributed by atoms with E-state index in [1.807, 2.05) is 13.1 Å². The molecule has 7 heteroatoms. The molecule has 0 spiro atoms. The molecule has 1 aliphatic rings. The fraction of sp³-hybridized carbons (Fsp3) is 0.500. The maximum absolute atomic E-state index is 5.39. The monoisotopic (exact) mass is 340 g/mol. The Morgan fingerprint density at radius 3 is 2.76 bits per heavy atom. The van der Waals surface area contributed by atoms with Gasteiger partial charge in [0.05, 0.1) is 13.2 Å². The van der Waals surface area contributed by atoms with Crippen LogP contribution in [0.1, 0.15) is 43.1 Å². The summed E-state index contributed by atoms with van der Waals surface area (Å²) in [5.41, 5.74) is 2.58. The molecule has 0 saturated carbocycles. The molecule has 1 saturated heterocycles. The molecule has 0 amide bonds. The van der Waals surface area contributed by atoms with Gasteiger partial charge in [0, 0.05) is 24.1 Å². The number of fused-ring (bicyclic) bond motifs is 1. The van der Waals surface area contributed by atoms with Crippen LogP contribution in [0, 0.1) is 0 Å². The molecule has 0 bridgehead atoms. The molecule has 132 valence electrons. The molecule has 3 heterocycles. The third kappa shape index (κ3) is 2.89. The van der Waals surface area contributed by atoms with E-state index in [0.29, 0.717) is 5.92 Å². The summed E-state index contributed by atoms with van der Waals surface area (Å²) in [6.07, 6.45) is 4.44. The average Bonchev–Trinajstić information content (AvgIpc) is 3.26. The largest absolute Gasteiger partial charge is 0.497 e. The minimum atomic E-state index is 0.240. The molecule has 1 N–H and O–H groups in total. The zero-order chi connectivity index (χ0) is 17.4. The predicted molar refractivity (Wildman–Crippen MR) is 95.6 cm³/mol. The molecule has 1 atom stereocenters. The summed E-state index contributed by atoms with van der Waals surface area (Å²) in [5, 5.41) is 13.2. The first kappa shape index (κ1) is 16.1. The van der Waals surface area contributed by atoms with Gasteiger partial charge in [-0.25, -0.2) is 4.68 Å². The number of tetrazole rings is 1. The first-order valence-electron chi connectivity index (χ1n) is 8.78. The first-order valence-corrected chi connectivity index (χ1v) is 8.78. The molecule has 0 aliphatic carbocycles. The van der Waals surface area contributed by atoms with Crippen LogP contribution >= 0.6 is 0 Å². The zero-order valence-electron chi connectivity index (χ0n) is 14.9. The standard InChI is InChI=1S/C18H24N6O/c1-12(18-20-21-22-23(18)2)24-8-6-13(7-9-24)16-11-19-17-5-4-14(25-3)10-15(16)17/h4-5,10-13,19H,6-9H2,1-3H3/t12-/m1/s1. The quantitative estimate of drug-likeness (QED) is 0.790. The highest BCUT2D eigenvalue weighted by atomic mass is 16.5. The lowest BCUT2D eigenvalue weighted by Crippen LogP contribution is -2.36. The van der Waals surface area contributed by atoms with Gasteiger partial charge in [-0.3, -0.25) is 4.90 Å². The van der Waals surface area contributed by atoms with Crippen molar-refractivity contribution in [3.05, 3.63) is 35.8 Å². The third-order valence-corrected chi connectivity index (χ3v) is 5.46. The van der Waals surface area contributed by atoms with Crippen molar-refractivity contribution in [2.75, 3.05) is 20.2 Å². The van der Waals surface area contributed by atoms with E-state index in [4.69, 9.17) is 4.74 Å². The van der Waals surface area contributed by atoms with Crippen molar-refractivity contribution < 1.29 is 4.74 Å². The van der Waals surface area contributed by atoms with Crippen LogP contribution in [-0.2, 0) is 7.05 Å². The van der Waals surface area contributed by atoms with Crippen molar-refractivity contribution in [2.45, 2.75) is 31.7 Å². The summed E-state index contributed by atoms with van der Waals surface area (Å²) in [4.78, 5) is 5.87. The number of likely N-dealkylation sites (tertiary alicyclic amines) is 1. The van der Waals surface area contributed by atoms with Gasteiger partial charge < -0.3 is 9.72 Å². The van der Waals surface area contributed by atoms with Gasteiger partial charge in [0.25, 0.3) is 0 Å². The number of hydrogen-bond acceptors (Lipinski definition) is 5. The average molecular weight is 340 g/mol. The van der Waals surface area contributed by atoms with Gasteiger partial charge in [-0.15, -0.1) is 5.10 Å². The smallest absolute Gasteiger partial charge is 0.167 e. The number of rotatable bonds is 4. The SMILES string of the molecule is COc1ccc2[nH]cc(C3CCN([C@H](C)c4nnnn4C)CC3)c2c1. The van der Waals surface area contributed by atoms with Crippen LogP contribution in [0.25, 0.3) is 10.9 Å². The second-order valence-electron chi connectivity index (χ2n) is 6.80. The number of hydrogen-bond donors (Lipinski definition) is 1. The number of aryl methyl sites for hydroxylation is 1. The fourth-order valence-electron chi connectivity index (χ4n) is 3.94. The molecule has 1 aliphatic heterocycles. The van der Waals surface area contributed by atoms with Gasteiger partial charge in [-0.1, -0.05) is 0 Å². The third-order valence-electron chi connectivity index (χ3n) is 5.46. The number of H-pyrrole nitrogens is 1. The van der Waals surface area contributed by atoms with Crippen LogP contribution in [0.2, 0.25) is 0 Å². The summed E-state index contributed by atoms with van der Waals surface area (Å²) < 4.78 is 7.16. The van der Waals surface area contributed by atoms with Crippen LogP contribution in [0.15, 0.2) is 24.4 Å². The molecule has 3 aromatic rings. The van der Waals surface area contributed by atoms with E-state index in [2.05, 4.69) is 50.7 Å². The highest BCUT2D eigenvalue weighted by Gasteiger charge is 2.28. The minimum absolute atomic E-state index is 0.240. The van der Waals surface area contributed by atoms with Crippen molar-refractivity contribution in [1.82, 2.24) is 30.1 Å². The summed E-state index contributed by atoms with van der Waals surface area (Å²) >= 11 is 0. The van der Waals surface area contributed by atoms with Crippen LogP contribution in [0.4, 0.5) is 0 Å². The Hall–Kier alpha value is -2.41. The number of aromatic nitrogens is 5. The van der Waals surface area contributed by atoms with Crippen molar-refractivity contribution in [2.24, 2.45) is 7.05 Å². The molecule has 1 aromatic carbocycles. The van der Waals surface area contributed by atoms with E-state index in [-0.39, 0.29) is 6.04 Å². The van der Waals surface area contributed by atoms with Crippen molar-refractivity contribution in [3.63, 3.8) is 0 Å². The van der Waals surface area contributed by atoms with Crippen LogP contribution < -0.4 is 4.74 Å². The number of nitrogens with one attached hydrogen (secondary N) is 1. The van der Waals surface area contributed by atoms with E-state index in [1.165, 1.54) is 16.5 Å². The summed E-state index contributed by atoms with van der Waals surface area (Å²) in [7, 11) is 3.62. The Balaban J connectivity index is 1.50. The Labute approximate surface area is 147 Å². The normalized spacial score (nSPS) is 17.9. The Morgan fingerprint density at radius 2 is 2.08 bits per heavy atom. The van der Waals surface area contributed by atoms with E-state index >= 15 is 0 Å². The van der Waals surface area contributed by atoms with Crippen LogP contribution in [0.5, 0.6) is 5.75 Å². The molecular formula is C18H24N6O. The number of benzene rings is 1. The molecular weight excluding hydrogens is 316 g/mol. The first-order chi connectivity index (χ1) is 12.2. The number of piperidine rings is 1. The number of methoxy groups -OCH3 is 1. The molecule has 0 radical (unpaired) electrons. The molecule has 4 rings (SSSR count). The van der Waals surface area contributed by atoms with Crippen molar-refractivity contribution in [1.29, 1.82) is 0 Å². The number of nitrogens with zero attached hydrogens (tertiary/aromatic N) is 5. The summed E-state index contributed by atoms with van der Waals surface area (Å²) in [6.45, 7) is 4.28. The van der Waals surface area contributed by atoms with Gasteiger partial charge in [0.1, 0.15) is 5.75 Å². The van der Waals surface area contributed by atoms with Gasteiger partial charge in [-0.05, 0) is 73.0 Å². The maximum Gasteiger partial charge on any atom is 0.167 e. The highest BCUT2D eigenvalue weighted by Crippen LogP contribution is 2.36. The van der Waals surface area contributed by atoms with Crippen molar-refractivity contribution in [3.8, 4) is 5.75 Å².